The van der Waals surface area contributed by atoms with Crippen LogP contribution in [0.15, 0.2) is 24.3 Å². The molecule has 1 aromatic carbocycles. The Balaban J connectivity index is 1.64. The summed E-state index contributed by atoms with van der Waals surface area (Å²) >= 11 is 2.00. The number of rotatable bonds is 5. The summed E-state index contributed by atoms with van der Waals surface area (Å²) in [7, 11) is 1.66. The fraction of sp³-hybridized carbons (Fsp3) is 0.632. The molecule has 0 radical (unpaired) electrons. The fourth-order valence-corrected chi connectivity index (χ4v) is 4.65. The van der Waals surface area contributed by atoms with E-state index in [0.29, 0.717) is 12.5 Å². The molecular formula is C19H28N2O2S. The van der Waals surface area contributed by atoms with Crippen LogP contribution in [0, 0.1) is 0 Å². The first-order valence-electron chi connectivity index (χ1n) is 8.99. The third-order valence-corrected chi connectivity index (χ3v) is 6.14. The molecule has 0 spiro atoms. The summed E-state index contributed by atoms with van der Waals surface area (Å²) in [6.45, 7) is 4.34. The van der Waals surface area contributed by atoms with Gasteiger partial charge in [-0.1, -0.05) is 12.1 Å². The van der Waals surface area contributed by atoms with Crippen LogP contribution in [0.4, 0.5) is 0 Å². The standard InChI is InChI=1S/C19H28N2O2S/c1-23-18-7-5-16(6-8-18)13-19(22)21-11-4-12-24-15-17(21)14-20-9-2-3-10-20/h5-8,17H,2-4,9-15H2,1H3. The largest absolute Gasteiger partial charge is 0.497 e. The smallest absolute Gasteiger partial charge is 0.227 e. The van der Waals surface area contributed by atoms with Crippen LogP contribution < -0.4 is 4.74 Å². The summed E-state index contributed by atoms with van der Waals surface area (Å²) in [6.07, 6.45) is 4.21. The van der Waals surface area contributed by atoms with Gasteiger partial charge in [-0.05, 0) is 55.8 Å². The molecule has 0 aliphatic carbocycles. The average molecular weight is 349 g/mol. The van der Waals surface area contributed by atoms with E-state index in [-0.39, 0.29) is 5.91 Å². The molecule has 1 atom stereocenters. The third kappa shape index (κ3) is 4.67. The van der Waals surface area contributed by atoms with Gasteiger partial charge in [0, 0.05) is 18.8 Å². The number of amides is 1. The van der Waals surface area contributed by atoms with Crippen LogP contribution in [0.2, 0.25) is 0 Å². The minimum atomic E-state index is 0.270. The molecule has 2 aliphatic heterocycles. The summed E-state index contributed by atoms with van der Waals surface area (Å²) in [5, 5.41) is 0. The van der Waals surface area contributed by atoms with Crippen LogP contribution >= 0.6 is 11.8 Å². The molecule has 2 saturated heterocycles. The van der Waals surface area contributed by atoms with Gasteiger partial charge in [0.05, 0.1) is 19.6 Å². The predicted octanol–water partition coefficient (Wildman–Crippen LogP) is 2.67. The third-order valence-electron chi connectivity index (χ3n) is 4.94. The van der Waals surface area contributed by atoms with E-state index >= 15 is 0 Å². The van der Waals surface area contributed by atoms with E-state index in [9.17, 15) is 4.79 Å². The second kappa shape index (κ2) is 8.77. The quantitative estimate of drug-likeness (QED) is 0.819. The van der Waals surface area contributed by atoms with Crippen molar-refractivity contribution < 1.29 is 9.53 Å². The van der Waals surface area contributed by atoms with Gasteiger partial charge in [0.1, 0.15) is 5.75 Å². The molecule has 132 valence electrons. The van der Waals surface area contributed by atoms with Crippen molar-refractivity contribution in [1.29, 1.82) is 0 Å². The first-order valence-corrected chi connectivity index (χ1v) is 10.1. The molecule has 0 bridgehead atoms. The highest BCUT2D eigenvalue weighted by Crippen LogP contribution is 2.21. The van der Waals surface area contributed by atoms with Crippen LogP contribution in [0.25, 0.3) is 0 Å². The van der Waals surface area contributed by atoms with E-state index in [0.717, 1.165) is 36.6 Å². The lowest BCUT2D eigenvalue weighted by Gasteiger charge is -2.33. The molecule has 0 saturated carbocycles. The van der Waals surface area contributed by atoms with Crippen molar-refractivity contribution in [3.63, 3.8) is 0 Å². The molecule has 4 nitrogen and oxygen atoms in total. The van der Waals surface area contributed by atoms with Crippen LogP contribution in [-0.2, 0) is 11.2 Å². The number of benzene rings is 1. The Labute approximate surface area is 149 Å². The summed E-state index contributed by atoms with van der Waals surface area (Å²) in [6, 6.07) is 8.23. The minimum absolute atomic E-state index is 0.270. The molecule has 2 heterocycles. The normalized spacial score (nSPS) is 22.4. The molecule has 2 fully saturated rings. The van der Waals surface area contributed by atoms with Crippen LogP contribution in [0.3, 0.4) is 0 Å². The zero-order valence-corrected chi connectivity index (χ0v) is 15.4. The number of carbonyl (C=O) groups excluding carboxylic acids is 1. The highest BCUT2D eigenvalue weighted by atomic mass is 32.2. The van der Waals surface area contributed by atoms with Crippen molar-refractivity contribution in [1.82, 2.24) is 9.80 Å². The Bertz CT molecular complexity index is 529. The number of hydrogen-bond acceptors (Lipinski definition) is 4. The van der Waals surface area contributed by atoms with Gasteiger partial charge >= 0.3 is 0 Å². The van der Waals surface area contributed by atoms with Crippen molar-refractivity contribution in [2.75, 3.05) is 44.8 Å². The Kier molecular flexibility index (Phi) is 6.44. The molecule has 5 heteroatoms. The number of nitrogens with zero attached hydrogens (tertiary/aromatic N) is 2. The lowest BCUT2D eigenvalue weighted by atomic mass is 10.1. The SMILES string of the molecule is COc1ccc(CC(=O)N2CCCSCC2CN2CCCC2)cc1. The molecular weight excluding hydrogens is 320 g/mol. The summed E-state index contributed by atoms with van der Waals surface area (Å²) in [5.41, 5.74) is 1.07. The molecule has 1 amide bonds. The predicted molar refractivity (Wildman–Crippen MR) is 99.8 cm³/mol. The van der Waals surface area contributed by atoms with Crippen LogP contribution in [0.5, 0.6) is 5.75 Å². The maximum absolute atomic E-state index is 12.9. The monoisotopic (exact) mass is 348 g/mol. The van der Waals surface area contributed by atoms with Gasteiger partial charge in [0.2, 0.25) is 5.91 Å². The van der Waals surface area contributed by atoms with Gasteiger partial charge in [-0.3, -0.25) is 4.79 Å². The number of thioether (sulfide) groups is 1. The van der Waals surface area contributed by atoms with Crippen LogP contribution in [0.1, 0.15) is 24.8 Å². The van der Waals surface area contributed by atoms with Crippen LogP contribution in [-0.4, -0.2) is 66.5 Å². The Morgan fingerprint density at radius 1 is 1.17 bits per heavy atom. The molecule has 0 aromatic heterocycles. The van der Waals surface area contributed by atoms with Crippen molar-refractivity contribution in [2.24, 2.45) is 0 Å². The Hall–Kier alpha value is -1.20. The van der Waals surface area contributed by atoms with Gasteiger partial charge in [-0.25, -0.2) is 0 Å². The second-order valence-corrected chi connectivity index (χ2v) is 7.85. The van der Waals surface area contributed by atoms with Gasteiger partial charge in [-0.2, -0.15) is 11.8 Å². The molecule has 1 unspecified atom stereocenters. The number of methoxy groups -OCH3 is 1. The van der Waals surface area contributed by atoms with Crippen molar-refractivity contribution in [3.8, 4) is 5.75 Å². The highest BCUT2D eigenvalue weighted by molar-refractivity contribution is 7.99. The second-order valence-electron chi connectivity index (χ2n) is 6.70. The first-order chi connectivity index (χ1) is 11.8. The topological polar surface area (TPSA) is 32.8 Å². The molecule has 1 aromatic rings. The van der Waals surface area contributed by atoms with Crippen molar-refractivity contribution in [3.05, 3.63) is 29.8 Å². The lowest BCUT2D eigenvalue weighted by Crippen LogP contribution is -2.48. The maximum Gasteiger partial charge on any atom is 0.227 e. The minimum Gasteiger partial charge on any atom is -0.497 e. The summed E-state index contributed by atoms with van der Waals surface area (Å²) in [4.78, 5) is 17.6. The molecule has 0 N–H and O–H groups in total. The fourth-order valence-electron chi connectivity index (χ4n) is 3.59. The number of carbonyl (C=O) groups is 1. The van der Waals surface area contributed by atoms with E-state index in [1.54, 1.807) is 7.11 Å². The maximum atomic E-state index is 12.9. The molecule has 24 heavy (non-hydrogen) atoms. The molecule has 3 rings (SSSR count). The zero-order valence-electron chi connectivity index (χ0n) is 14.6. The number of hydrogen-bond donors (Lipinski definition) is 0. The van der Waals surface area contributed by atoms with E-state index in [1.807, 2.05) is 36.0 Å². The Morgan fingerprint density at radius 3 is 2.62 bits per heavy atom. The van der Waals surface area contributed by atoms with Crippen molar-refractivity contribution in [2.45, 2.75) is 31.7 Å². The zero-order chi connectivity index (χ0) is 16.8. The summed E-state index contributed by atoms with van der Waals surface area (Å²) in [5.74, 6) is 3.35. The first kappa shape index (κ1) is 17.6. The lowest BCUT2D eigenvalue weighted by molar-refractivity contribution is -0.132. The average Bonchev–Trinajstić information content (AvgIpc) is 3.00. The van der Waals surface area contributed by atoms with E-state index in [4.69, 9.17) is 4.74 Å². The highest BCUT2D eigenvalue weighted by Gasteiger charge is 2.28. The van der Waals surface area contributed by atoms with Gasteiger partial charge in [-0.15, -0.1) is 0 Å². The Morgan fingerprint density at radius 2 is 1.92 bits per heavy atom. The summed E-state index contributed by atoms with van der Waals surface area (Å²) < 4.78 is 5.19. The van der Waals surface area contributed by atoms with E-state index in [1.165, 1.54) is 31.7 Å². The van der Waals surface area contributed by atoms with Gasteiger partial charge < -0.3 is 14.5 Å². The van der Waals surface area contributed by atoms with E-state index < -0.39 is 0 Å². The van der Waals surface area contributed by atoms with E-state index in [2.05, 4.69) is 9.80 Å². The molecule has 2 aliphatic rings. The van der Waals surface area contributed by atoms with Gasteiger partial charge in [0.15, 0.2) is 0 Å². The van der Waals surface area contributed by atoms with Crippen molar-refractivity contribution >= 4 is 17.7 Å². The van der Waals surface area contributed by atoms with Gasteiger partial charge in [0.25, 0.3) is 0 Å². The number of likely N-dealkylation sites (tertiary alicyclic amines) is 1. The number of ether oxygens (including phenoxy) is 1.